The lowest BCUT2D eigenvalue weighted by atomic mass is 10.1. The highest BCUT2D eigenvalue weighted by Gasteiger charge is 2.38. The first-order chi connectivity index (χ1) is 12.8. The highest BCUT2D eigenvalue weighted by atomic mass is 32.2. The zero-order valence-electron chi connectivity index (χ0n) is 15.5. The van der Waals surface area contributed by atoms with Crippen molar-refractivity contribution >= 4 is 21.6 Å². The summed E-state index contributed by atoms with van der Waals surface area (Å²) in [4.78, 5) is 12.5. The van der Waals surface area contributed by atoms with Crippen LogP contribution in [0.25, 0.3) is 5.69 Å². The lowest BCUT2D eigenvalue weighted by Crippen LogP contribution is -2.45. The van der Waals surface area contributed by atoms with E-state index in [0.29, 0.717) is 5.69 Å². The number of urea groups is 1. The molecule has 0 spiro atoms. The maximum Gasteiger partial charge on any atom is 0.319 e. The van der Waals surface area contributed by atoms with Crippen LogP contribution in [0.5, 0.6) is 0 Å². The van der Waals surface area contributed by atoms with Gasteiger partial charge in [0.15, 0.2) is 9.84 Å². The SMILES string of the molecule is COC1CS(=O)(=O)CC1NC(=O)Nc1cnn(-c2ccccc2)c1C(C)C. The van der Waals surface area contributed by atoms with Crippen LogP contribution in [-0.4, -0.2) is 55.0 Å². The number of nitrogens with one attached hydrogen (secondary N) is 2. The number of carbonyl (C=O) groups excluding carboxylic acids is 1. The number of anilines is 1. The van der Waals surface area contributed by atoms with Crippen LogP contribution in [0, 0.1) is 0 Å². The molecular formula is C18H24N4O4S. The molecular weight excluding hydrogens is 368 g/mol. The van der Waals surface area contributed by atoms with E-state index in [1.165, 1.54) is 7.11 Å². The Morgan fingerprint density at radius 2 is 1.96 bits per heavy atom. The normalized spacial score (nSPS) is 21.3. The molecule has 1 aromatic carbocycles. The molecule has 2 aromatic rings. The van der Waals surface area contributed by atoms with Gasteiger partial charge in [-0.1, -0.05) is 32.0 Å². The molecule has 0 radical (unpaired) electrons. The predicted molar refractivity (Wildman–Crippen MR) is 103 cm³/mol. The molecule has 2 heterocycles. The number of aromatic nitrogens is 2. The van der Waals surface area contributed by atoms with Crippen LogP contribution in [0.15, 0.2) is 36.5 Å². The van der Waals surface area contributed by atoms with Crippen molar-refractivity contribution in [3.05, 3.63) is 42.2 Å². The van der Waals surface area contributed by atoms with E-state index >= 15 is 0 Å². The van der Waals surface area contributed by atoms with Crippen molar-refractivity contribution in [2.24, 2.45) is 0 Å². The number of hydrogen-bond donors (Lipinski definition) is 2. The second kappa shape index (κ2) is 7.69. The zero-order chi connectivity index (χ0) is 19.6. The van der Waals surface area contributed by atoms with Gasteiger partial charge in [-0.3, -0.25) is 0 Å². The van der Waals surface area contributed by atoms with Crippen molar-refractivity contribution < 1.29 is 17.9 Å². The fourth-order valence-electron chi connectivity index (χ4n) is 3.29. The van der Waals surface area contributed by atoms with Gasteiger partial charge in [-0.05, 0) is 18.1 Å². The second-order valence-electron chi connectivity index (χ2n) is 6.90. The number of ether oxygens (including phenoxy) is 1. The van der Waals surface area contributed by atoms with Gasteiger partial charge in [-0.15, -0.1) is 0 Å². The van der Waals surface area contributed by atoms with E-state index in [1.807, 2.05) is 44.2 Å². The molecule has 27 heavy (non-hydrogen) atoms. The van der Waals surface area contributed by atoms with Gasteiger partial charge in [0.2, 0.25) is 0 Å². The minimum atomic E-state index is -3.21. The van der Waals surface area contributed by atoms with Crippen molar-refractivity contribution in [2.75, 3.05) is 23.9 Å². The van der Waals surface area contributed by atoms with Crippen LogP contribution in [0.4, 0.5) is 10.5 Å². The Hall–Kier alpha value is -2.39. The summed E-state index contributed by atoms with van der Waals surface area (Å²) in [5.41, 5.74) is 2.34. The van der Waals surface area contributed by atoms with Gasteiger partial charge in [-0.2, -0.15) is 5.10 Å². The summed E-state index contributed by atoms with van der Waals surface area (Å²) in [6, 6.07) is 8.60. The summed E-state index contributed by atoms with van der Waals surface area (Å²) in [5.74, 6) is -0.0989. The van der Waals surface area contributed by atoms with E-state index in [1.54, 1.807) is 10.9 Å². The Labute approximate surface area is 158 Å². The zero-order valence-corrected chi connectivity index (χ0v) is 16.4. The smallest absolute Gasteiger partial charge is 0.319 e. The predicted octanol–water partition coefficient (Wildman–Crippen LogP) is 1.93. The summed E-state index contributed by atoms with van der Waals surface area (Å²) in [6.07, 6.45) is 1.05. The van der Waals surface area contributed by atoms with Crippen molar-refractivity contribution in [2.45, 2.75) is 31.9 Å². The number of para-hydroxylation sites is 1. The first-order valence-electron chi connectivity index (χ1n) is 8.75. The number of nitrogens with zero attached hydrogens (tertiary/aromatic N) is 2. The molecule has 8 nitrogen and oxygen atoms in total. The molecule has 146 valence electrons. The number of rotatable bonds is 5. The van der Waals surface area contributed by atoms with Crippen molar-refractivity contribution in [3.63, 3.8) is 0 Å². The van der Waals surface area contributed by atoms with Gasteiger partial charge in [-0.25, -0.2) is 17.9 Å². The minimum Gasteiger partial charge on any atom is -0.378 e. The van der Waals surface area contributed by atoms with E-state index in [4.69, 9.17) is 4.74 Å². The molecule has 2 N–H and O–H groups in total. The van der Waals surface area contributed by atoms with Gasteiger partial charge < -0.3 is 15.4 Å². The highest BCUT2D eigenvalue weighted by molar-refractivity contribution is 7.91. The first-order valence-corrected chi connectivity index (χ1v) is 10.6. The molecule has 1 aliphatic rings. The third kappa shape index (κ3) is 4.30. The van der Waals surface area contributed by atoms with E-state index in [-0.39, 0.29) is 17.4 Å². The van der Waals surface area contributed by atoms with Crippen LogP contribution in [-0.2, 0) is 14.6 Å². The largest absolute Gasteiger partial charge is 0.378 e. The first kappa shape index (κ1) is 19.4. The summed E-state index contributed by atoms with van der Waals surface area (Å²) in [7, 11) is -1.77. The van der Waals surface area contributed by atoms with Crippen molar-refractivity contribution in [1.29, 1.82) is 0 Å². The molecule has 2 atom stereocenters. The van der Waals surface area contributed by atoms with E-state index in [0.717, 1.165) is 11.4 Å². The minimum absolute atomic E-state index is 0.0857. The summed E-state index contributed by atoms with van der Waals surface area (Å²) in [6.45, 7) is 4.04. The Morgan fingerprint density at radius 1 is 1.26 bits per heavy atom. The average molecular weight is 392 g/mol. The van der Waals surface area contributed by atoms with Crippen LogP contribution in [0.2, 0.25) is 0 Å². The average Bonchev–Trinajstić information content (AvgIpc) is 3.15. The maximum absolute atomic E-state index is 12.5. The Bertz CT molecular complexity index is 909. The van der Waals surface area contributed by atoms with E-state index in [2.05, 4.69) is 15.7 Å². The maximum atomic E-state index is 12.5. The number of carbonyl (C=O) groups is 1. The third-order valence-corrected chi connectivity index (χ3v) is 6.23. The number of benzene rings is 1. The van der Waals surface area contributed by atoms with Crippen LogP contribution >= 0.6 is 0 Å². The molecule has 2 amide bonds. The van der Waals surface area contributed by atoms with Crippen LogP contribution in [0.1, 0.15) is 25.5 Å². The molecule has 1 aliphatic heterocycles. The number of amides is 2. The van der Waals surface area contributed by atoms with E-state index < -0.39 is 28.0 Å². The lowest BCUT2D eigenvalue weighted by molar-refractivity contribution is 0.102. The Morgan fingerprint density at radius 3 is 2.59 bits per heavy atom. The van der Waals surface area contributed by atoms with E-state index in [9.17, 15) is 13.2 Å². The van der Waals surface area contributed by atoms with Gasteiger partial charge in [0.25, 0.3) is 0 Å². The topological polar surface area (TPSA) is 102 Å². The lowest BCUT2D eigenvalue weighted by Gasteiger charge is -2.19. The standard InChI is InChI=1S/C18H24N4O4S/c1-12(2)17-14(9-19-22(17)13-7-5-4-6-8-13)20-18(23)21-15-10-27(24,25)11-16(15)26-3/h4-9,12,15-16H,10-11H2,1-3H3,(H2,20,21,23). The quantitative estimate of drug-likeness (QED) is 0.809. The molecule has 1 fully saturated rings. The molecule has 1 aromatic heterocycles. The molecule has 0 saturated carbocycles. The summed E-state index contributed by atoms with van der Waals surface area (Å²) >= 11 is 0. The third-order valence-electron chi connectivity index (χ3n) is 4.52. The highest BCUT2D eigenvalue weighted by Crippen LogP contribution is 2.27. The second-order valence-corrected chi connectivity index (χ2v) is 9.06. The van der Waals surface area contributed by atoms with Gasteiger partial charge >= 0.3 is 6.03 Å². The summed E-state index contributed by atoms with van der Waals surface area (Å²) < 4.78 is 30.6. The molecule has 3 rings (SSSR count). The Balaban J connectivity index is 1.78. The fraction of sp³-hybridized carbons (Fsp3) is 0.444. The number of sulfone groups is 1. The number of methoxy groups -OCH3 is 1. The van der Waals surface area contributed by atoms with Gasteiger partial charge in [0, 0.05) is 7.11 Å². The van der Waals surface area contributed by atoms with Crippen molar-refractivity contribution in [1.82, 2.24) is 15.1 Å². The molecule has 1 saturated heterocycles. The summed E-state index contributed by atoms with van der Waals surface area (Å²) in [5, 5.41) is 9.91. The van der Waals surface area contributed by atoms with Crippen LogP contribution in [0.3, 0.4) is 0 Å². The van der Waals surface area contributed by atoms with Crippen molar-refractivity contribution in [3.8, 4) is 5.69 Å². The van der Waals surface area contributed by atoms with Gasteiger partial charge in [0.1, 0.15) is 0 Å². The molecule has 0 bridgehead atoms. The number of hydrogen-bond acceptors (Lipinski definition) is 5. The fourth-order valence-corrected chi connectivity index (χ4v) is 5.14. The monoisotopic (exact) mass is 392 g/mol. The van der Waals surface area contributed by atoms with Gasteiger partial charge in [0.05, 0.1) is 46.9 Å². The van der Waals surface area contributed by atoms with Crippen LogP contribution < -0.4 is 10.6 Å². The Kier molecular flexibility index (Phi) is 5.52. The molecule has 2 unspecified atom stereocenters. The molecule has 0 aliphatic carbocycles. The molecule has 9 heteroatoms.